The summed E-state index contributed by atoms with van der Waals surface area (Å²) in [5.41, 5.74) is 0.742. The SMILES string of the molecule is CO[C@H](C)[C@@H](C)NC(=O)c1cc(Br)cc2c1NC(=O)CO2. The molecule has 2 rings (SSSR count). The van der Waals surface area contributed by atoms with Crippen LogP contribution in [-0.2, 0) is 9.53 Å². The second-order valence-corrected chi connectivity index (χ2v) is 5.78. The fourth-order valence-electron chi connectivity index (χ4n) is 1.93. The van der Waals surface area contributed by atoms with E-state index in [0.717, 1.165) is 0 Å². The van der Waals surface area contributed by atoms with Gasteiger partial charge >= 0.3 is 0 Å². The molecule has 0 saturated heterocycles. The van der Waals surface area contributed by atoms with Crippen molar-refractivity contribution < 1.29 is 19.1 Å². The molecule has 2 atom stereocenters. The van der Waals surface area contributed by atoms with Crippen molar-refractivity contribution >= 4 is 33.4 Å². The summed E-state index contributed by atoms with van der Waals surface area (Å²) in [6.45, 7) is 3.67. The van der Waals surface area contributed by atoms with Crippen LogP contribution in [0.15, 0.2) is 16.6 Å². The van der Waals surface area contributed by atoms with E-state index in [-0.39, 0.29) is 30.6 Å². The Balaban J connectivity index is 2.28. The highest BCUT2D eigenvalue weighted by Gasteiger charge is 2.25. The number of benzene rings is 1. The lowest BCUT2D eigenvalue weighted by molar-refractivity contribution is -0.118. The first-order valence-electron chi connectivity index (χ1n) is 6.52. The minimum absolute atomic E-state index is 0.0539. The summed E-state index contributed by atoms with van der Waals surface area (Å²) in [4.78, 5) is 23.9. The molecular formula is C14H17BrN2O4. The molecule has 1 aromatic carbocycles. The van der Waals surface area contributed by atoms with E-state index in [1.54, 1.807) is 19.2 Å². The van der Waals surface area contributed by atoms with Crippen molar-refractivity contribution in [2.75, 3.05) is 19.0 Å². The zero-order valence-electron chi connectivity index (χ0n) is 12.0. The van der Waals surface area contributed by atoms with Gasteiger partial charge in [-0.25, -0.2) is 0 Å². The molecule has 114 valence electrons. The maximum absolute atomic E-state index is 12.4. The van der Waals surface area contributed by atoms with E-state index in [4.69, 9.17) is 9.47 Å². The average Bonchev–Trinajstić information content (AvgIpc) is 2.45. The molecule has 0 radical (unpaired) electrons. The number of nitrogens with one attached hydrogen (secondary N) is 2. The largest absolute Gasteiger partial charge is 0.482 e. The normalized spacial score (nSPS) is 16.3. The van der Waals surface area contributed by atoms with Crippen LogP contribution in [0, 0.1) is 0 Å². The average molecular weight is 357 g/mol. The zero-order valence-corrected chi connectivity index (χ0v) is 13.6. The molecular weight excluding hydrogens is 340 g/mol. The van der Waals surface area contributed by atoms with Crippen LogP contribution in [0.1, 0.15) is 24.2 Å². The standard InChI is InChI=1S/C14H17BrN2O4/c1-7(8(2)20-3)16-14(19)10-4-9(15)5-11-13(10)17-12(18)6-21-11/h4-5,7-8H,6H2,1-3H3,(H,16,19)(H,17,18)/t7-,8-/m1/s1. The van der Waals surface area contributed by atoms with Crippen molar-refractivity contribution in [2.24, 2.45) is 0 Å². The fraction of sp³-hybridized carbons (Fsp3) is 0.429. The van der Waals surface area contributed by atoms with E-state index >= 15 is 0 Å². The summed E-state index contributed by atoms with van der Waals surface area (Å²) in [6.07, 6.45) is -0.122. The molecule has 1 aliphatic rings. The van der Waals surface area contributed by atoms with Gasteiger partial charge in [-0.05, 0) is 26.0 Å². The molecule has 21 heavy (non-hydrogen) atoms. The van der Waals surface area contributed by atoms with E-state index in [0.29, 0.717) is 21.5 Å². The summed E-state index contributed by atoms with van der Waals surface area (Å²) in [7, 11) is 1.59. The number of amides is 2. The highest BCUT2D eigenvalue weighted by Crippen LogP contribution is 2.34. The smallest absolute Gasteiger partial charge is 0.262 e. The maximum atomic E-state index is 12.4. The third kappa shape index (κ3) is 3.54. The molecule has 0 unspecified atom stereocenters. The number of anilines is 1. The number of carbonyl (C=O) groups excluding carboxylic acids is 2. The summed E-state index contributed by atoms with van der Waals surface area (Å²) >= 11 is 3.34. The van der Waals surface area contributed by atoms with Crippen LogP contribution in [0.3, 0.4) is 0 Å². The van der Waals surface area contributed by atoms with Crippen molar-refractivity contribution in [1.29, 1.82) is 0 Å². The van der Waals surface area contributed by atoms with E-state index in [2.05, 4.69) is 26.6 Å². The van der Waals surface area contributed by atoms with E-state index < -0.39 is 0 Å². The van der Waals surface area contributed by atoms with Gasteiger partial charge in [0.15, 0.2) is 6.61 Å². The lowest BCUT2D eigenvalue weighted by Gasteiger charge is -2.23. The molecule has 1 aliphatic heterocycles. The van der Waals surface area contributed by atoms with Crippen LogP contribution in [0.25, 0.3) is 0 Å². The monoisotopic (exact) mass is 356 g/mol. The van der Waals surface area contributed by atoms with Crippen LogP contribution in [-0.4, -0.2) is 37.7 Å². The summed E-state index contributed by atoms with van der Waals surface area (Å²) in [6, 6.07) is 3.19. The Bertz CT molecular complexity index is 576. The molecule has 0 aromatic heterocycles. The van der Waals surface area contributed by atoms with E-state index in [9.17, 15) is 9.59 Å². The van der Waals surface area contributed by atoms with E-state index in [1.165, 1.54) is 0 Å². The van der Waals surface area contributed by atoms with Gasteiger partial charge in [0, 0.05) is 11.6 Å². The zero-order chi connectivity index (χ0) is 15.6. The van der Waals surface area contributed by atoms with Gasteiger partial charge in [-0.3, -0.25) is 9.59 Å². The van der Waals surface area contributed by atoms with Crippen molar-refractivity contribution in [1.82, 2.24) is 5.32 Å². The first-order chi connectivity index (χ1) is 9.92. The second kappa shape index (κ2) is 6.44. The van der Waals surface area contributed by atoms with Gasteiger partial charge < -0.3 is 20.1 Å². The highest BCUT2D eigenvalue weighted by atomic mass is 79.9. The quantitative estimate of drug-likeness (QED) is 0.864. The molecule has 0 spiro atoms. The number of hydrogen-bond acceptors (Lipinski definition) is 4. The number of carbonyl (C=O) groups is 2. The molecule has 2 amide bonds. The number of ether oxygens (including phenoxy) is 2. The number of halogens is 1. The molecule has 1 heterocycles. The predicted octanol–water partition coefficient (Wildman–Crippen LogP) is 1.93. The fourth-order valence-corrected chi connectivity index (χ4v) is 2.37. The number of hydrogen-bond donors (Lipinski definition) is 2. The summed E-state index contributed by atoms with van der Waals surface area (Å²) in [5.74, 6) is -0.103. The highest BCUT2D eigenvalue weighted by molar-refractivity contribution is 9.10. The minimum Gasteiger partial charge on any atom is -0.482 e. The second-order valence-electron chi connectivity index (χ2n) is 4.87. The first-order valence-corrected chi connectivity index (χ1v) is 7.31. The van der Waals surface area contributed by atoms with Crippen LogP contribution in [0.5, 0.6) is 5.75 Å². The molecule has 6 nitrogen and oxygen atoms in total. The Morgan fingerprint density at radius 2 is 2.19 bits per heavy atom. The van der Waals surface area contributed by atoms with Crippen LogP contribution in [0.2, 0.25) is 0 Å². The Morgan fingerprint density at radius 3 is 2.86 bits per heavy atom. The van der Waals surface area contributed by atoms with Gasteiger partial charge in [0.05, 0.1) is 23.4 Å². The number of methoxy groups -OCH3 is 1. The molecule has 0 fully saturated rings. The summed E-state index contributed by atoms with van der Waals surface area (Å²) in [5, 5.41) is 5.52. The molecule has 1 aromatic rings. The minimum atomic E-state index is -0.297. The van der Waals surface area contributed by atoms with Gasteiger partial charge in [0.2, 0.25) is 0 Å². The topological polar surface area (TPSA) is 76.7 Å². The molecule has 0 aliphatic carbocycles. The Hall–Kier alpha value is -1.60. The van der Waals surface area contributed by atoms with Crippen LogP contribution >= 0.6 is 15.9 Å². The first kappa shape index (κ1) is 15.8. The van der Waals surface area contributed by atoms with Gasteiger partial charge in [-0.15, -0.1) is 0 Å². The van der Waals surface area contributed by atoms with E-state index in [1.807, 2.05) is 13.8 Å². The molecule has 0 saturated carbocycles. The van der Waals surface area contributed by atoms with Crippen LogP contribution < -0.4 is 15.4 Å². The number of fused-ring (bicyclic) bond motifs is 1. The predicted molar refractivity (Wildman–Crippen MR) is 81.7 cm³/mol. The van der Waals surface area contributed by atoms with Crippen LogP contribution in [0.4, 0.5) is 5.69 Å². The lowest BCUT2D eigenvalue weighted by atomic mass is 10.1. The summed E-state index contributed by atoms with van der Waals surface area (Å²) < 4.78 is 11.2. The van der Waals surface area contributed by atoms with Gasteiger partial charge in [0.1, 0.15) is 5.75 Å². The Morgan fingerprint density at radius 1 is 1.48 bits per heavy atom. The Labute approximate surface area is 131 Å². The van der Waals surface area contributed by atoms with Gasteiger partial charge in [-0.2, -0.15) is 0 Å². The van der Waals surface area contributed by atoms with Crippen molar-refractivity contribution in [3.05, 3.63) is 22.2 Å². The Kier molecular flexibility index (Phi) is 4.84. The van der Waals surface area contributed by atoms with Crippen molar-refractivity contribution in [2.45, 2.75) is 26.0 Å². The third-order valence-corrected chi connectivity index (χ3v) is 3.83. The number of rotatable bonds is 4. The molecule has 0 bridgehead atoms. The van der Waals surface area contributed by atoms with Gasteiger partial charge in [0.25, 0.3) is 11.8 Å². The maximum Gasteiger partial charge on any atom is 0.262 e. The molecule has 2 N–H and O–H groups in total. The van der Waals surface area contributed by atoms with Gasteiger partial charge in [-0.1, -0.05) is 15.9 Å². The lowest BCUT2D eigenvalue weighted by Crippen LogP contribution is -2.41. The van der Waals surface area contributed by atoms with Crippen molar-refractivity contribution in [3.8, 4) is 5.75 Å². The van der Waals surface area contributed by atoms with Crippen molar-refractivity contribution in [3.63, 3.8) is 0 Å². The third-order valence-electron chi connectivity index (χ3n) is 3.37. The molecule has 7 heteroatoms.